The van der Waals surface area contributed by atoms with E-state index in [0.717, 1.165) is 26.5 Å². The first-order valence-corrected chi connectivity index (χ1v) is 7.58. The van der Waals surface area contributed by atoms with Crippen molar-refractivity contribution in [2.45, 2.75) is 0 Å². The minimum Gasteiger partial charge on any atom is -0.496 e. The number of nitrogens with two attached hydrogens (primary N) is 2. The van der Waals surface area contributed by atoms with Gasteiger partial charge < -0.3 is 16.2 Å². The lowest BCUT2D eigenvalue weighted by molar-refractivity contribution is 0.413. The van der Waals surface area contributed by atoms with Crippen LogP contribution < -0.4 is 16.2 Å². The van der Waals surface area contributed by atoms with E-state index >= 15 is 0 Å². The van der Waals surface area contributed by atoms with Crippen LogP contribution in [0.3, 0.4) is 0 Å². The molecule has 0 saturated carbocycles. The van der Waals surface area contributed by atoms with Crippen LogP contribution in [0.25, 0.3) is 22.0 Å². The largest absolute Gasteiger partial charge is 0.496 e. The lowest BCUT2D eigenvalue weighted by atomic mass is 10.0. The van der Waals surface area contributed by atoms with Crippen molar-refractivity contribution >= 4 is 38.5 Å². The van der Waals surface area contributed by atoms with Gasteiger partial charge in [-0.3, -0.25) is 0 Å². The van der Waals surface area contributed by atoms with Crippen molar-refractivity contribution in [3.63, 3.8) is 0 Å². The number of nitrogens with zero attached hydrogens (tertiary/aromatic N) is 3. The third-order valence-electron chi connectivity index (χ3n) is 3.31. The highest BCUT2D eigenvalue weighted by molar-refractivity contribution is 9.10. The van der Waals surface area contributed by atoms with Crippen LogP contribution >= 0.6 is 15.9 Å². The number of hydrogen-bond acceptors (Lipinski definition) is 4. The van der Waals surface area contributed by atoms with Crippen LogP contribution in [0.4, 0.5) is 5.82 Å². The number of benzene rings is 2. The molecule has 0 aliphatic carbocycles. The summed E-state index contributed by atoms with van der Waals surface area (Å²) in [4.78, 5) is 4.06. The van der Waals surface area contributed by atoms with Crippen molar-refractivity contribution in [2.75, 3.05) is 7.11 Å². The number of hydrogen-bond donors (Lipinski definition) is 2. The molecule has 0 aliphatic heterocycles. The molecule has 0 fully saturated rings. The van der Waals surface area contributed by atoms with Gasteiger partial charge in [-0.1, -0.05) is 30.3 Å². The SMILES string of the molecule is COc1cc2c(N=C(N)N)nnc(-c3ccccc3)c2cc1Br. The Hall–Kier alpha value is -2.67. The summed E-state index contributed by atoms with van der Waals surface area (Å²) in [6.07, 6.45) is 0. The first-order chi connectivity index (χ1) is 11.1. The van der Waals surface area contributed by atoms with E-state index in [0.29, 0.717) is 11.6 Å². The summed E-state index contributed by atoms with van der Waals surface area (Å²) in [6, 6.07) is 13.6. The van der Waals surface area contributed by atoms with Crippen LogP contribution in [0.1, 0.15) is 0 Å². The summed E-state index contributed by atoms with van der Waals surface area (Å²) in [5.74, 6) is 0.942. The highest BCUT2D eigenvalue weighted by atomic mass is 79.9. The Morgan fingerprint density at radius 3 is 2.48 bits per heavy atom. The average Bonchev–Trinajstić information content (AvgIpc) is 2.55. The third kappa shape index (κ3) is 2.95. The molecule has 0 bridgehead atoms. The maximum absolute atomic E-state index is 5.48. The minimum absolute atomic E-state index is 0.0741. The maximum Gasteiger partial charge on any atom is 0.192 e. The molecule has 2 aromatic carbocycles. The van der Waals surface area contributed by atoms with Gasteiger partial charge in [-0.25, -0.2) is 0 Å². The molecular weight excluding hydrogens is 358 g/mol. The van der Waals surface area contributed by atoms with Crippen molar-refractivity contribution in [1.82, 2.24) is 10.2 Å². The van der Waals surface area contributed by atoms with Gasteiger partial charge in [0.05, 0.1) is 11.6 Å². The van der Waals surface area contributed by atoms with E-state index in [1.807, 2.05) is 42.5 Å². The third-order valence-corrected chi connectivity index (χ3v) is 3.93. The fourth-order valence-electron chi connectivity index (χ4n) is 2.31. The summed E-state index contributed by atoms with van der Waals surface area (Å²) in [6.45, 7) is 0. The Morgan fingerprint density at radius 1 is 1.09 bits per heavy atom. The molecule has 0 atom stereocenters. The molecule has 0 unspecified atom stereocenters. The van der Waals surface area contributed by atoms with Crippen LogP contribution in [-0.2, 0) is 0 Å². The van der Waals surface area contributed by atoms with E-state index in [1.54, 1.807) is 7.11 Å². The minimum atomic E-state index is -0.0741. The fraction of sp³-hybridized carbons (Fsp3) is 0.0625. The van der Waals surface area contributed by atoms with Crippen LogP contribution in [0.2, 0.25) is 0 Å². The lowest BCUT2D eigenvalue weighted by Gasteiger charge is -2.10. The molecule has 6 nitrogen and oxygen atoms in total. The standard InChI is InChI=1S/C16H14BrN5O/c1-23-13-8-11-10(7-12(13)17)14(9-5-3-2-4-6-9)21-22-15(11)20-16(18)19/h2-8H,1H3,(H4,18,19,20,22). The van der Waals surface area contributed by atoms with Crippen LogP contribution in [0.15, 0.2) is 51.9 Å². The number of aliphatic imine (C=N–C) groups is 1. The van der Waals surface area contributed by atoms with E-state index in [4.69, 9.17) is 16.2 Å². The fourth-order valence-corrected chi connectivity index (χ4v) is 2.82. The Balaban J connectivity index is 2.36. The molecule has 7 heteroatoms. The quantitative estimate of drug-likeness (QED) is 0.544. The predicted octanol–water partition coefficient (Wildman–Crippen LogP) is 2.97. The van der Waals surface area contributed by atoms with Crippen molar-refractivity contribution in [3.8, 4) is 17.0 Å². The van der Waals surface area contributed by atoms with Crippen molar-refractivity contribution in [2.24, 2.45) is 16.5 Å². The van der Waals surface area contributed by atoms with Crippen molar-refractivity contribution in [1.29, 1.82) is 0 Å². The zero-order chi connectivity index (χ0) is 16.4. The lowest BCUT2D eigenvalue weighted by Crippen LogP contribution is -2.22. The molecule has 0 radical (unpaired) electrons. The smallest absolute Gasteiger partial charge is 0.192 e. The Labute approximate surface area is 141 Å². The summed E-state index contributed by atoms with van der Waals surface area (Å²) in [5.41, 5.74) is 12.7. The van der Waals surface area contributed by atoms with Crippen LogP contribution in [0.5, 0.6) is 5.75 Å². The molecule has 0 spiro atoms. The highest BCUT2D eigenvalue weighted by Crippen LogP contribution is 2.37. The molecule has 0 saturated heterocycles. The zero-order valence-corrected chi connectivity index (χ0v) is 13.9. The molecule has 116 valence electrons. The average molecular weight is 372 g/mol. The predicted molar refractivity (Wildman–Crippen MR) is 94.7 cm³/mol. The number of halogens is 1. The van der Waals surface area contributed by atoms with Gasteiger partial charge in [0.1, 0.15) is 11.4 Å². The van der Waals surface area contributed by atoms with Gasteiger partial charge in [-0.2, -0.15) is 4.99 Å². The summed E-state index contributed by atoms with van der Waals surface area (Å²) in [7, 11) is 1.60. The molecular formula is C16H14BrN5O. The number of rotatable bonds is 3. The highest BCUT2D eigenvalue weighted by Gasteiger charge is 2.14. The van der Waals surface area contributed by atoms with E-state index in [1.165, 1.54) is 0 Å². The second kappa shape index (κ2) is 6.21. The van der Waals surface area contributed by atoms with Gasteiger partial charge >= 0.3 is 0 Å². The normalized spacial score (nSPS) is 10.5. The summed E-state index contributed by atoms with van der Waals surface area (Å²) < 4.78 is 6.17. The van der Waals surface area contributed by atoms with Crippen LogP contribution in [-0.4, -0.2) is 23.3 Å². The summed E-state index contributed by atoms with van der Waals surface area (Å²) >= 11 is 3.50. The maximum atomic E-state index is 5.48. The molecule has 0 aliphatic rings. The van der Waals surface area contributed by atoms with Gasteiger partial charge in [-0.05, 0) is 28.1 Å². The molecule has 3 aromatic rings. The van der Waals surface area contributed by atoms with Gasteiger partial charge in [0, 0.05) is 16.3 Å². The van der Waals surface area contributed by atoms with E-state index < -0.39 is 0 Å². The van der Waals surface area contributed by atoms with Crippen molar-refractivity contribution < 1.29 is 4.74 Å². The Bertz CT molecular complexity index is 892. The summed E-state index contributed by atoms with van der Waals surface area (Å²) in [5, 5.41) is 10.1. The molecule has 4 N–H and O–H groups in total. The molecule has 3 rings (SSSR count). The number of aromatic nitrogens is 2. The van der Waals surface area contributed by atoms with Gasteiger partial charge in [0.15, 0.2) is 11.8 Å². The number of fused-ring (bicyclic) bond motifs is 1. The molecule has 23 heavy (non-hydrogen) atoms. The first-order valence-electron chi connectivity index (χ1n) is 6.79. The molecule has 1 heterocycles. The zero-order valence-electron chi connectivity index (χ0n) is 12.3. The first kappa shape index (κ1) is 15.2. The number of guanidine groups is 1. The van der Waals surface area contributed by atoms with Gasteiger partial charge in [0.25, 0.3) is 0 Å². The monoisotopic (exact) mass is 371 g/mol. The Morgan fingerprint density at radius 2 is 1.83 bits per heavy atom. The van der Waals surface area contributed by atoms with Crippen LogP contribution in [0, 0.1) is 0 Å². The second-order valence-electron chi connectivity index (χ2n) is 4.81. The Kier molecular flexibility index (Phi) is 4.12. The number of methoxy groups -OCH3 is 1. The molecule has 0 amide bonds. The number of ether oxygens (including phenoxy) is 1. The second-order valence-corrected chi connectivity index (χ2v) is 5.66. The molecule has 1 aromatic heterocycles. The van der Waals surface area contributed by atoms with Gasteiger partial charge in [0.2, 0.25) is 0 Å². The van der Waals surface area contributed by atoms with E-state index in [2.05, 4.69) is 31.1 Å². The van der Waals surface area contributed by atoms with Crippen molar-refractivity contribution in [3.05, 3.63) is 46.9 Å². The van der Waals surface area contributed by atoms with E-state index in [9.17, 15) is 0 Å². The van der Waals surface area contributed by atoms with Gasteiger partial charge in [-0.15, -0.1) is 10.2 Å². The topological polar surface area (TPSA) is 99.4 Å². The van der Waals surface area contributed by atoms with E-state index in [-0.39, 0.29) is 5.96 Å².